The molecular formula is C13H17N3O4S. The third-order valence-electron chi connectivity index (χ3n) is 2.51. The van der Waals surface area contributed by atoms with Crippen molar-refractivity contribution in [2.75, 3.05) is 16.8 Å². The van der Waals surface area contributed by atoms with Crippen LogP contribution in [0.4, 0.5) is 10.5 Å². The van der Waals surface area contributed by atoms with E-state index in [2.05, 4.69) is 10.6 Å². The van der Waals surface area contributed by atoms with E-state index in [4.69, 9.17) is 10.8 Å². The predicted molar refractivity (Wildman–Crippen MR) is 81.2 cm³/mol. The van der Waals surface area contributed by atoms with E-state index < -0.39 is 12.0 Å². The van der Waals surface area contributed by atoms with Crippen LogP contribution in [0.15, 0.2) is 24.3 Å². The Labute approximate surface area is 126 Å². The summed E-state index contributed by atoms with van der Waals surface area (Å²) in [5.41, 5.74) is 6.44. The Morgan fingerprint density at radius 3 is 2.38 bits per heavy atom. The molecule has 1 unspecified atom stereocenters. The molecule has 1 aromatic rings. The molecule has 0 aliphatic rings. The number of rotatable bonds is 7. The number of thioether (sulfide) groups is 1. The minimum atomic E-state index is -0.946. The fraction of sp³-hybridized carbons (Fsp3) is 0.308. The molecule has 0 fully saturated rings. The van der Waals surface area contributed by atoms with Crippen molar-refractivity contribution in [2.45, 2.75) is 13.0 Å². The number of primary amides is 1. The van der Waals surface area contributed by atoms with Gasteiger partial charge in [0, 0.05) is 5.69 Å². The van der Waals surface area contributed by atoms with Gasteiger partial charge in [-0.3, -0.25) is 9.59 Å². The first-order valence-corrected chi connectivity index (χ1v) is 7.29. The second kappa shape index (κ2) is 8.15. The maximum Gasteiger partial charge on any atom is 0.316 e. The summed E-state index contributed by atoms with van der Waals surface area (Å²) >= 11 is 1.04. The smallest absolute Gasteiger partial charge is 0.316 e. The molecule has 0 spiro atoms. The first-order valence-electron chi connectivity index (χ1n) is 6.14. The number of benzene rings is 1. The minimum Gasteiger partial charge on any atom is -0.481 e. The van der Waals surface area contributed by atoms with Crippen molar-refractivity contribution in [3.63, 3.8) is 0 Å². The van der Waals surface area contributed by atoms with E-state index in [0.717, 1.165) is 17.3 Å². The Hall–Kier alpha value is -2.22. The SMILES string of the molecule is CC(NC(=O)CSCC(=O)O)c1ccc(NC(N)=O)cc1. The van der Waals surface area contributed by atoms with Gasteiger partial charge in [0.2, 0.25) is 5.91 Å². The highest BCUT2D eigenvalue weighted by Gasteiger charge is 2.10. The first kappa shape index (κ1) is 16.8. The number of aliphatic carboxylic acids is 1. The second-order valence-electron chi connectivity index (χ2n) is 4.29. The average molecular weight is 311 g/mol. The maximum atomic E-state index is 11.6. The van der Waals surface area contributed by atoms with Crippen LogP contribution < -0.4 is 16.4 Å². The van der Waals surface area contributed by atoms with E-state index >= 15 is 0 Å². The van der Waals surface area contributed by atoms with E-state index in [-0.39, 0.29) is 23.5 Å². The zero-order valence-electron chi connectivity index (χ0n) is 11.5. The van der Waals surface area contributed by atoms with Crippen LogP contribution in [0, 0.1) is 0 Å². The summed E-state index contributed by atoms with van der Waals surface area (Å²) in [4.78, 5) is 32.7. The quantitative estimate of drug-likeness (QED) is 0.602. The molecule has 0 saturated heterocycles. The molecule has 0 aliphatic heterocycles. The van der Waals surface area contributed by atoms with Gasteiger partial charge in [-0.2, -0.15) is 0 Å². The van der Waals surface area contributed by atoms with Gasteiger partial charge in [0.15, 0.2) is 0 Å². The number of carbonyl (C=O) groups is 3. The number of carboxylic acids is 1. The van der Waals surface area contributed by atoms with Crippen LogP contribution in [-0.2, 0) is 9.59 Å². The molecule has 0 aromatic heterocycles. The van der Waals surface area contributed by atoms with Crippen LogP contribution in [0.25, 0.3) is 0 Å². The van der Waals surface area contributed by atoms with E-state index in [0.29, 0.717) is 5.69 Å². The van der Waals surface area contributed by atoms with Gasteiger partial charge in [-0.25, -0.2) is 4.79 Å². The lowest BCUT2D eigenvalue weighted by molar-refractivity contribution is -0.133. The Bertz CT molecular complexity index is 519. The Morgan fingerprint density at radius 1 is 1.24 bits per heavy atom. The number of amides is 3. The number of hydrogen-bond donors (Lipinski definition) is 4. The third-order valence-corrected chi connectivity index (χ3v) is 3.43. The van der Waals surface area contributed by atoms with Gasteiger partial charge in [-0.05, 0) is 24.6 Å². The molecule has 0 radical (unpaired) electrons. The van der Waals surface area contributed by atoms with Crippen LogP contribution in [0.5, 0.6) is 0 Å². The lowest BCUT2D eigenvalue weighted by atomic mass is 10.1. The molecule has 0 heterocycles. The monoisotopic (exact) mass is 311 g/mol. The Morgan fingerprint density at radius 2 is 1.86 bits per heavy atom. The van der Waals surface area contributed by atoms with Crippen LogP contribution >= 0.6 is 11.8 Å². The van der Waals surface area contributed by atoms with Gasteiger partial charge in [0.25, 0.3) is 0 Å². The molecule has 1 atom stereocenters. The van der Waals surface area contributed by atoms with Crippen molar-refractivity contribution in [1.29, 1.82) is 0 Å². The molecule has 114 valence electrons. The van der Waals surface area contributed by atoms with Crippen LogP contribution in [0.3, 0.4) is 0 Å². The zero-order valence-corrected chi connectivity index (χ0v) is 12.3. The lowest BCUT2D eigenvalue weighted by Gasteiger charge is -2.14. The second-order valence-corrected chi connectivity index (χ2v) is 5.27. The number of carboxylic acid groups (broad SMARTS) is 1. The summed E-state index contributed by atoms with van der Waals surface area (Å²) in [5, 5.41) is 13.7. The summed E-state index contributed by atoms with van der Waals surface area (Å²) < 4.78 is 0. The summed E-state index contributed by atoms with van der Waals surface area (Å²) in [6.07, 6.45) is 0. The average Bonchev–Trinajstić information content (AvgIpc) is 2.38. The highest BCUT2D eigenvalue weighted by atomic mass is 32.2. The van der Waals surface area contributed by atoms with E-state index in [1.54, 1.807) is 24.3 Å². The fourth-order valence-electron chi connectivity index (χ4n) is 1.59. The van der Waals surface area contributed by atoms with Crippen LogP contribution in [0.2, 0.25) is 0 Å². The highest BCUT2D eigenvalue weighted by molar-refractivity contribution is 8.00. The van der Waals surface area contributed by atoms with Gasteiger partial charge in [-0.1, -0.05) is 12.1 Å². The van der Waals surface area contributed by atoms with Crippen LogP contribution in [0.1, 0.15) is 18.5 Å². The van der Waals surface area contributed by atoms with E-state index in [1.165, 1.54) is 0 Å². The normalized spacial score (nSPS) is 11.5. The van der Waals surface area contributed by atoms with Crippen molar-refractivity contribution in [1.82, 2.24) is 5.32 Å². The molecule has 7 nitrogen and oxygen atoms in total. The largest absolute Gasteiger partial charge is 0.481 e. The maximum absolute atomic E-state index is 11.6. The summed E-state index contributed by atoms with van der Waals surface area (Å²) in [6.45, 7) is 1.82. The predicted octanol–water partition coefficient (Wildman–Crippen LogP) is 1.17. The van der Waals surface area contributed by atoms with Gasteiger partial charge < -0.3 is 21.5 Å². The lowest BCUT2D eigenvalue weighted by Crippen LogP contribution is -2.28. The molecule has 8 heteroatoms. The van der Waals surface area contributed by atoms with Crippen molar-refractivity contribution in [2.24, 2.45) is 5.73 Å². The van der Waals surface area contributed by atoms with Gasteiger partial charge >= 0.3 is 12.0 Å². The molecule has 0 saturated carbocycles. The number of carbonyl (C=O) groups excluding carboxylic acids is 2. The highest BCUT2D eigenvalue weighted by Crippen LogP contribution is 2.16. The first-order chi connectivity index (χ1) is 9.88. The number of nitrogens with one attached hydrogen (secondary N) is 2. The van der Waals surface area contributed by atoms with Crippen LogP contribution in [-0.4, -0.2) is 34.5 Å². The number of nitrogens with two attached hydrogens (primary N) is 1. The Kier molecular flexibility index (Phi) is 6.54. The van der Waals surface area contributed by atoms with Gasteiger partial charge in [-0.15, -0.1) is 11.8 Å². The van der Waals surface area contributed by atoms with E-state index in [1.807, 2.05) is 6.92 Å². The molecular weight excluding hydrogens is 294 g/mol. The molecule has 0 aliphatic carbocycles. The van der Waals surface area contributed by atoms with Crippen molar-refractivity contribution in [3.8, 4) is 0 Å². The molecule has 1 aromatic carbocycles. The molecule has 1 rings (SSSR count). The van der Waals surface area contributed by atoms with Gasteiger partial charge in [0.05, 0.1) is 17.5 Å². The summed E-state index contributed by atoms with van der Waals surface area (Å²) in [5.74, 6) is -1.18. The number of anilines is 1. The molecule has 0 bridgehead atoms. The zero-order chi connectivity index (χ0) is 15.8. The third kappa shape index (κ3) is 6.66. The minimum absolute atomic E-state index is 0.0952. The standard InChI is InChI=1S/C13H17N3O4S/c1-8(15-11(17)6-21-7-12(18)19)9-2-4-10(5-3-9)16-13(14)20/h2-5,8H,6-7H2,1H3,(H,15,17)(H,18,19)(H3,14,16,20). The van der Waals surface area contributed by atoms with Gasteiger partial charge in [0.1, 0.15) is 0 Å². The fourth-order valence-corrected chi connectivity index (χ4v) is 2.14. The van der Waals surface area contributed by atoms with Crippen molar-refractivity contribution < 1.29 is 19.5 Å². The summed E-state index contributed by atoms with van der Waals surface area (Å²) in [7, 11) is 0. The summed E-state index contributed by atoms with van der Waals surface area (Å²) in [6, 6.07) is 6.04. The number of urea groups is 1. The molecule has 21 heavy (non-hydrogen) atoms. The molecule has 3 amide bonds. The van der Waals surface area contributed by atoms with E-state index in [9.17, 15) is 14.4 Å². The Balaban J connectivity index is 2.47. The van der Waals surface area contributed by atoms with Crippen molar-refractivity contribution in [3.05, 3.63) is 29.8 Å². The topological polar surface area (TPSA) is 122 Å². The number of hydrogen-bond acceptors (Lipinski definition) is 4. The molecule has 5 N–H and O–H groups in total. The van der Waals surface area contributed by atoms with Crippen molar-refractivity contribution >= 4 is 35.4 Å².